The van der Waals surface area contributed by atoms with Crippen molar-refractivity contribution in [2.75, 3.05) is 6.61 Å². The van der Waals surface area contributed by atoms with E-state index in [0.717, 1.165) is 44.9 Å². The number of carbonyl (C=O) groups excluding carboxylic acids is 1. The zero-order chi connectivity index (χ0) is 46.6. The number of aliphatic hydroxyl groups excluding tert-OH is 7. The monoisotopic (exact) mass is 918 g/mol. The van der Waals surface area contributed by atoms with Crippen LogP contribution in [0.25, 0.3) is 0 Å². The molecular weight excluding hydrogens is 826 g/mol. The highest BCUT2D eigenvalue weighted by atomic mass is 31.2. The highest BCUT2D eigenvalue weighted by Crippen LogP contribution is 2.47. The first-order valence-electron chi connectivity index (χ1n) is 25.0. The Morgan fingerprint density at radius 3 is 1.40 bits per heavy atom. The van der Waals surface area contributed by atoms with E-state index in [2.05, 4.69) is 43.5 Å². The number of amides is 1. The number of unbranched alkanes of at least 4 members (excludes halogenated alkanes) is 24. The SMILES string of the molecule is CCCCCCCCCCCCC/C=C/CC/C=C/CC/C=C/C(O)C(COP(=O)(O)OC1C(O)C(O)C(O)C(O)C1O)NC(=O)CC(O)CCCCCCCCCCCCCC. The van der Waals surface area contributed by atoms with Crippen LogP contribution in [0.3, 0.4) is 0 Å². The molecule has 14 heteroatoms. The molecule has 0 heterocycles. The molecule has 370 valence electrons. The van der Waals surface area contributed by atoms with Crippen molar-refractivity contribution in [3.8, 4) is 0 Å². The maximum Gasteiger partial charge on any atom is 0.472 e. The van der Waals surface area contributed by atoms with Gasteiger partial charge in [0.1, 0.15) is 36.6 Å². The number of aliphatic hydroxyl groups is 7. The standard InChI is InChI=1S/C49H92NO12P/c1-3-5-7-9-11-13-15-17-18-19-20-21-22-23-24-25-27-29-31-33-35-37-42(52)41(39-61-63(59,60)62-49-47(57)45(55)44(54)46(56)48(49)58)50-43(53)38-40(51)36-34-32-30-28-26-16-14-12-10-8-6-4-2/h22-23,27,29,35,37,40-42,44-49,51-52,54-58H,3-21,24-26,28,30-34,36,38-39H2,1-2H3,(H,50,53)(H,59,60)/b23-22+,29-27+,37-35+. The lowest BCUT2D eigenvalue weighted by Crippen LogP contribution is -2.64. The topological polar surface area (TPSA) is 226 Å². The quantitative estimate of drug-likeness (QED) is 0.0159. The Hall–Kier alpha value is -1.48. The summed E-state index contributed by atoms with van der Waals surface area (Å²) in [6.07, 6.45) is 30.9. The van der Waals surface area contributed by atoms with Crippen molar-refractivity contribution in [1.82, 2.24) is 5.32 Å². The fourth-order valence-electron chi connectivity index (χ4n) is 7.86. The van der Waals surface area contributed by atoms with E-state index in [0.29, 0.717) is 19.3 Å². The van der Waals surface area contributed by atoms with Crippen LogP contribution >= 0.6 is 7.82 Å². The van der Waals surface area contributed by atoms with Gasteiger partial charge in [-0.1, -0.05) is 192 Å². The van der Waals surface area contributed by atoms with E-state index in [1.807, 2.05) is 0 Å². The van der Waals surface area contributed by atoms with Crippen molar-refractivity contribution >= 4 is 13.7 Å². The van der Waals surface area contributed by atoms with Gasteiger partial charge in [0.15, 0.2) is 0 Å². The van der Waals surface area contributed by atoms with Gasteiger partial charge in [-0.05, 0) is 44.9 Å². The molecule has 0 aliphatic heterocycles. The van der Waals surface area contributed by atoms with Gasteiger partial charge in [0, 0.05) is 0 Å². The highest BCUT2D eigenvalue weighted by molar-refractivity contribution is 7.47. The minimum atomic E-state index is -5.15. The van der Waals surface area contributed by atoms with Gasteiger partial charge < -0.3 is 46.0 Å². The first kappa shape index (κ1) is 59.5. The normalized spacial score (nSPS) is 23.1. The lowest BCUT2D eigenvalue weighted by Gasteiger charge is -2.41. The lowest BCUT2D eigenvalue weighted by molar-refractivity contribution is -0.220. The van der Waals surface area contributed by atoms with E-state index < -0.39 is 75.2 Å². The molecule has 1 aliphatic carbocycles. The van der Waals surface area contributed by atoms with Crippen molar-refractivity contribution < 1.29 is 59.0 Å². The molecule has 0 bridgehead atoms. The summed E-state index contributed by atoms with van der Waals surface area (Å²) in [5.41, 5.74) is 0. The molecule has 13 nitrogen and oxygen atoms in total. The van der Waals surface area contributed by atoms with Crippen LogP contribution in [0.2, 0.25) is 0 Å². The Balaban J connectivity index is 2.54. The Morgan fingerprint density at radius 1 is 0.556 bits per heavy atom. The molecule has 1 rings (SSSR count). The van der Waals surface area contributed by atoms with Gasteiger partial charge >= 0.3 is 7.82 Å². The predicted octanol–water partition coefficient (Wildman–Crippen LogP) is 8.92. The number of rotatable bonds is 41. The maximum atomic E-state index is 13.0. The molecule has 0 aromatic rings. The minimum Gasteiger partial charge on any atom is -0.393 e. The number of hydrogen-bond acceptors (Lipinski definition) is 11. The van der Waals surface area contributed by atoms with Crippen molar-refractivity contribution in [2.24, 2.45) is 0 Å². The molecule has 0 radical (unpaired) electrons. The fraction of sp³-hybridized carbons (Fsp3) is 0.857. The van der Waals surface area contributed by atoms with E-state index in [1.165, 1.54) is 128 Å². The van der Waals surface area contributed by atoms with Crippen LogP contribution in [-0.4, -0.2) is 108 Å². The van der Waals surface area contributed by atoms with Crippen molar-refractivity contribution in [3.05, 3.63) is 36.5 Å². The Morgan fingerprint density at radius 2 is 0.937 bits per heavy atom. The van der Waals surface area contributed by atoms with Gasteiger partial charge in [0.05, 0.1) is 31.3 Å². The summed E-state index contributed by atoms with van der Waals surface area (Å²) in [5.74, 6) is -0.606. The van der Waals surface area contributed by atoms with E-state index in [4.69, 9.17) is 9.05 Å². The number of phosphoric acid groups is 1. The summed E-state index contributed by atoms with van der Waals surface area (Å²) >= 11 is 0. The fourth-order valence-corrected chi connectivity index (χ4v) is 8.83. The Bertz CT molecular complexity index is 1220. The molecule has 0 aromatic heterocycles. The first-order valence-corrected chi connectivity index (χ1v) is 26.5. The maximum absolute atomic E-state index is 13.0. The second-order valence-electron chi connectivity index (χ2n) is 17.8. The average Bonchev–Trinajstić information content (AvgIpc) is 3.26. The van der Waals surface area contributed by atoms with Crippen molar-refractivity contribution in [3.63, 3.8) is 0 Å². The van der Waals surface area contributed by atoms with Gasteiger partial charge in [-0.15, -0.1) is 0 Å². The first-order chi connectivity index (χ1) is 30.3. The molecule has 1 aliphatic rings. The smallest absolute Gasteiger partial charge is 0.393 e. The number of allylic oxidation sites excluding steroid dienone is 5. The van der Waals surface area contributed by atoms with E-state index >= 15 is 0 Å². The van der Waals surface area contributed by atoms with E-state index in [1.54, 1.807) is 6.08 Å². The Kier molecular flexibility index (Phi) is 36.5. The second kappa shape index (κ2) is 38.6. The molecule has 0 aromatic carbocycles. The van der Waals surface area contributed by atoms with Crippen molar-refractivity contribution in [1.29, 1.82) is 0 Å². The minimum absolute atomic E-state index is 0.254. The summed E-state index contributed by atoms with van der Waals surface area (Å²) in [4.78, 5) is 23.4. The average molecular weight is 918 g/mol. The zero-order valence-electron chi connectivity index (χ0n) is 39.2. The van der Waals surface area contributed by atoms with E-state index in [-0.39, 0.29) is 6.42 Å². The summed E-state index contributed by atoms with van der Waals surface area (Å²) in [5, 5.41) is 74.5. The predicted molar refractivity (Wildman–Crippen MR) is 252 cm³/mol. The summed E-state index contributed by atoms with van der Waals surface area (Å²) < 4.78 is 22.9. The van der Waals surface area contributed by atoms with Gasteiger partial charge in [0.25, 0.3) is 0 Å². The highest BCUT2D eigenvalue weighted by Gasteiger charge is 2.51. The van der Waals surface area contributed by atoms with Gasteiger partial charge in [-0.3, -0.25) is 13.8 Å². The van der Waals surface area contributed by atoms with E-state index in [9.17, 15) is 50.0 Å². The van der Waals surface area contributed by atoms with Crippen LogP contribution in [0.5, 0.6) is 0 Å². The molecule has 0 saturated heterocycles. The van der Waals surface area contributed by atoms with Gasteiger partial charge in [0.2, 0.25) is 5.91 Å². The third-order valence-electron chi connectivity index (χ3n) is 12.0. The van der Waals surface area contributed by atoms with Crippen LogP contribution in [-0.2, 0) is 18.4 Å². The summed E-state index contributed by atoms with van der Waals surface area (Å²) in [7, 11) is -5.15. The van der Waals surface area contributed by atoms with Crippen LogP contribution in [0, 0.1) is 0 Å². The number of hydrogen-bond donors (Lipinski definition) is 9. The number of carbonyl (C=O) groups is 1. The number of nitrogens with one attached hydrogen (secondary N) is 1. The molecule has 8 unspecified atom stereocenters. The molecule has 63 heavy (non-hydrogen) atoms. The van der Waals surface area contributed by atoms with Crippen molar-refractivity contribution in [2.45, 2.75) is 261 Å². The molecule has 1 fully saturated rings. The molecule has 8 atom stereocenters. The largest absolute Gasteiger partial charge is 0.472 e. The summed E-state index contributed by atoms with van der Waals surface area (Å²) in [6.45, 7) is 3.73. The van der Waals surface area contributed by atoms with Crippen LogP contribution < -0.4 is 5.32 Å². The lowest BCUT2D eigenvalue weighted by atomic mass is 9.85. The van der Waals surface area contributed by atoms with Crippen LogP contribution in [0.15, 0.2) is 36.5 Å². The number of phosphoric ester groups is 1. The zero-order valence-corrected chi connectivity index (χ0v) is 40.1. The Labute approximate surface area is 381 Å². The molecule has 0 spiro atoms. The molecule has 9 N–H and O–H groups in total. The van der Waals surface area contributed by atoms with Crippen LogP contribution in [0.4, 0.5) is 0 Å². The molecular formula is C49H92NO12P. The third-order valence-corrected chi connectivity index (χ3v) is 12.9. The van der Waals surface area contributed by atoms with Gasteiger partial charge in [-0.2, -0.15) is 0 Å². The molecule has 1 amide bonds. The molecule has 1 saturated carbocycles. The second-order valence-corrected chi connectivity index (χ2v) is 19.2. The van der Waals surface area contributed by atoms with Gasteiger partial charge in [-0.25, -0.2) is 4.57 Å². The van der Waals surface area contributed by atoms with Crippen LogP contribution in [0.1, 0.15) is 206 Å². The third kappa shape index (κ3) is 30.4. The summed E-state index contributed by atoms with van der Waals surface area (Å²) in [6, 6.07) is -1.26.